The maximum absolute atomic E-state index is 11.5. The Morgan fingerprint density at radius 1 is 1.13 bits per heavy atom. The summed E-state index contributed by atoms with van der Waals surface area (Å²) < 4.78 is 0. The van der Waals surface area contributed by atoms with Crippen LogP contribution in [-0.2, 0) is 0 Å². The lowest BCUT2D eigenvalue weighted by atomic mass is 10.0. The van der Waals surface area contributed by atoms with E-state index in [9.17, 15) is 9.90 Å². The lowest BCUT2D eigenvalue weighted by Gasteiger charge is -2.02. The van der Waals surface area contributed by atoms with Gasteiger partial charge >= 0.3 is 0 Å². The van der Waals surface area contributed by atoms with E-state index in [-0.39, 0.29) is 11.5 Å². The van der Waals surface area contributed by atoms with E-state index in [1.165, 1.54) is 0 Å². The van der Waals surface area contributed by atoms with Crippen molar-refractivity contribution in [2.75, 3.05) is 0 Å². The van der Waals surface area contributed by atoms with Gasteiger partial charge in [-0.25, -0.2) is 0 Å². The summed E-state index contributed by atoms with van der Waals surface area (Å²) in [5, 5.41) is 11.3. The summed E-state index contributed by atoms with van der Waals surface area (Å²) in [4.78, 5) is 11.5. The average molecular weight is 200 g/mol. The fraction of sp³-hybridized carbons (Fsp3) is 0.154. The lowest BCUT2D eigenvalue weighted by molar-refractivity contribution is 0.0988. The fourth-order valence-corrected chi connectivity index (χ4v) is 1.61. The number of phenols is 1. The number of aromatic hydroxyl groups is 1. The molecule has 2 aromatic rings. The molecule has 0 heterocycles. The van der Waals surface area contributed by atoms with Gasteiger partial charge in [-0.15, -0.1) is 0 Å². The summed E-state index contributed by atoms with van der Waals surface area (Å²) >= 11 is 0. The van der Waals surface area contributed by atoms with Crippen LogP contribution in [0.15, 0.2) is 36.4 Å². The van der Waals surface area contributed by atoms with Crippen molar-refractivity contribution in [1.82, 2.24) is 0 Å². The molecule has 0 radical (unpaired) electrons. The number of ketones is 1. The zero-order valence-electron chi connectivity index (χ0n) is 8.53. The number of carbonyl (C=O) groups is 1. The molecule has 0 aliphatic carbocycles. The standard InChI is InChI=1S/C13H12O2/c1-2-13(15)10-4-3-9-5-6-12(14)8-11(9)7-10/h3-8,14H,2H2,1H3. The first kappa shape index (κ1) is 9.71. The molecule has 0 aromatic heterocycles. The molecule has 76 valence electrons. The van der Waals surface area contributed by atoms with Crippen LogP contribution in [0.4, 0.5) is 0 Å². The third-order valence-corrected chi connectivity index (χ3v) is 2.47. The first-order chi connectivity index (χ1) is 7.20. The lowest BCUT2D eigenvalue weighted by Crippen LogP contribution is -1.95. The first-order valence-electron chi connectivity index (χ1n) is 4.96. The maximum Gasteiger partial charge on any atom is 0.162 e. The van der Waals surface area contributed by atoms with Crippen LogP contribution in [0.2, 0.25) is 0 Å². The third-order valence-electron chi connectivity index (χ3n) is 2.47. The Morgan fingerprint density at radius 2 is 1.87 bits per heavy atom. The Bertz CT molecular complexity index is 515. The highest BCUT2D eigenvalue weighted by Gasteiger charge is 2.03. The molecule has 0 saturated heterocycles. The smallest absolute Gasteiger partial charge is 0.162 e. The Kier molecular flexibility index (Phi) is 2.42. The molecule has 0 atom stereocenters. The second-order valence-corrected chi connectivity index (χ2v) is 3.52. The van der Waals surface area contributed by atoms with Crippen molar-refractivity contribution < 1.29 is 9.90 Å². The van der Waals surface area contributed by atoms with Gasteiger partial charge in [0.15, 0.2) is 5.78 Å². The van der Waals surface area contributed by atoms with Crippen molar-refractivity contribution in [2.24, 2.45) is 0 Å². The summed E-state index contributed by atoms with van der Waals surface area (Å²) in [7, 11) is 0. The van der Waals surface area contributed by atoms with Crippen LogP contribution in [0.3, 0.4) is 0 Å². The van der Waals surface area contributed by atoms with Crippen molar-refractivity contribution in [2.45, 2.75) is 13.3 Å². The fourth-order valence-electron chi connectivity index (χ4n) is 1.61. The van der Waals surface area contributed by atoms with E-state index in [4.69, 9.17) is 0 Å². The highest BCUT2D eigenvalue weighted by atomic mass is 16.3. The van der Waals surface area contributed by atoms with E-state index in [0.717, 1.165) is 10.8 Å². The largest absolute Gasteiger partial charge is 0.508 e. The van der Waals surface area contributed by atoms with Gasteiger partial charge in [-0.05, 0) is 29.0 Å². The third kappa shape index (κ3) is 1.84. The molecule has 2 nitrogen and oxygen atoms in total. The topological polar surface area (TPSA) is 37.3 Å². The molecule has 0 amide bonds. The minimum Gasteiger partial charge on any atom is -0.508 e. The zero-order chi connectivity index (χ0) is 10.8. The summed E-state index contributed by atoms with van der Waals surface area (Å²) in [6.45, 7) is 1.84. The van der Waals surface area contributed by atoms with Crippen molar-refractivity contribution in [3.05, 3.63) is 42.0 Å². The van der Waals surface area contributed by atoms with Gasteiger partial charge in [0.1, 0.15) is 5.75 Å². The van der Waals surface area contributed by atoms with Crippen molar-refractivity contribution in [3.8, 4) is 5.75 Å². The highest BCUT2D eigenvalue weighted by Crippen LogP contribution is 2.21. The minimum atomic E-state index is 0.125. The Labute approximate surface area is 88.2 Å². The summed E-state index contributed by atoms with van der Waals surface area (Å²) in [6, 6.07) is 10.7. The quantitative estimate of drug-likeness (QED) is 0.756. The van der Waals surface area contributed by atoms with Crippen LogP contribution in [0.25, 0.3) is 10.8 Å². The van der Waals surface area contributed by atoms with E-state index in [1.54, 1.807) is 12.1 Å². The molecule has 0 spiro atoms. The van der Waals surface area contributed by atoms with Crippen LogP contribution in [0, 0.1) is 0 Å². The van der Waals surface area contributed by atoms with Crippen molar-refractivity contribution in [3.63, 3.8) is 0 Å². The van der Waals surface area contributed by atoms with Crippen LogP contribution in [0.5, 0.6) is 5.75 Å². The molecule has 2 aromatic carbocycles. The van der Waals surface area contributed by atoms with Gasteiger partial charge in [0.25, 0.3) is 0 Å². The molecule has 0 bridgehead atoms. The molecule has 2 rings (SSSR count). The SMILES string of the molecule is CCC(=O)c1ccc2ccc(O)cc2c1. The van der Waals surface area contributed by atoms with Gasteiger partial charge in [-0.3, -0.25) is 4.79 Å². The van der Waals surface area contributed by atoms with Crippen LogP contribution >= 0.6 is 0 Å². The molecule has 0 fully saturated rings. The number of benzene rings is 2. The van der Waals surface area contributed by atoms with E-state index in [1.807, 2.05) is 31.2 Å². The predicted octanol–water partition coefficient (Wildman–Crippen LogP) is 3.14. The van der Waals surface area contributed by atoms with E-state index in [0.29, 0.717) is 12.0 Å². The summed E-state index contributed by atoms with van der Waals surface area (Å²) in [5.41, 5.74) is 0.704. The number of hydrogen-bond donors (Lipinski definition) is 1. The van der Waals surface area contributed by atoms with Gasteiger partial charge in [0.2, 0.25) is 0 Å². The van der Waals surface area contributed by atoms with Gasteiger partial charge in [0.05, 0.1) is 0 Å². The zero-order valence-corrected chi connectivity index (χ0v) is 8.53. The van der Waals surface area contributed by atoms with Gasteiger partial charge in [-0.2, -0.15) is 0 Å². The Balaban J connectivity index is 2.59. The monoisotopic (exact) mass is 200 g/mol. The van der Waals surface area contributed by atoms with Crippen LogP contribution in [-0.4, -0.2) is 10.9 Å². The number of hydrogen-bond acceptors (Lipinski definition) is 2. The van der Waals surface area contributed by atoms with E-state index >= 15 is 0 Å². The maximum atomic E-state index is 11.5. The van der Waals surface area contributed by atoms with E-state index in [2.05, 4.69) is 0 Å². The Hall–Kier alpha value is -1.83. The first-order valence-corrected chi connectivity index (χ1v) is 4.96. The van der Waals surface area contributed by atoms with Gasteiger partial charge in [0, 0.05) is 12.0 Å². The molecule has 15 heavy (non-hydrogen) atoms. The summed E-state index contributed by atoms with van der Waals surface area (Å²) in [6.07, 6.45) is 0.504. The highest BCUT2D eigenvalue weighted by molar-refractivity contribution is 5.99. The van der Waals surface area contributed by atoms with Gasteiger partial charge < -0.3 is 5.11 Å². The predicted molar refractivity (Wildman–Crippen MR) is 60.2 cm³/mol. The molecular weight excluding hydrogens is 188 g/mol. The minimum absolute atomic E-state index is 0.125. The number of Topliss-reactive ketones (excluding diaryl/α,β-unsaturated/α-hetero) is 1. The second-order valence-electron chi connectivity index (χ2n) is 3.52. The molecule has 1 N–H and O–H groups in total. The molecule has 0 aliphatic heterocycles. The molecule has 2 heteroatoms. The number of phenolic OH excluding ortho intramolecular Hbond substituents is 1. The van der Waals surface area contributed by atoms with E-state index < -0.39 is 0 Å². The molecular formula is C13H12O2. The van der Waals surface area contributed by atoms with Crippen LogP contribution in [0.1, 0.15) is 23.7 Å². The average Bonchev–Trinajstić information content (AvgIpc) is 2.27. The van der Waals surface area contributed by atoms with Crippen molar-refractivity contribution in [1.29, 1.82) is 0 Å². The molecule has 0 aliphatic rings. The number of carbonyl (C=O) groups excluding carboxylic acids is 1. The summed E-state index contributed by atoms with van der Waals surface area (Å²) in [5.74, 6) is 0.351. The molecule has 0 unspecified atom stereocenters. The number of fused-ring (bicyclic) bond motifs is 1. The van der Waals surface area contributed by atoms with Crippen LogP contribution < -0.4 is 0 Å². The number of rotatable bonds is 2. The Morgan fingerprint density at radius 3 is 2.60 bits per heavy atom. The van der Waals surface area contributed by atoms with Gasteiger partial charge in [-0.1, -0.05) is 25.1 Å². The normalized spacial score (nSPS) is 10.5. The second kappa shape index (κ2) is 3.73. The molecule has 0 saturated carbocycles. The van der Waals surface area contributed by atoms with Crippen molar-refractivity contribution >= 4 is 16.6 Å².